The standard InChI is InChI=1S/C11H22N2O2S/c1-9-8-12(6-7-13(9)16-5)10(14)15-11(2,3)4/h9H,6-8H2,1-5H3/t9-/m1/s1. The monoisotopic (exact) mass is 246 g/mol. The first kappa shape index (κ1) is 13.6. The SMILES string of the molecule is CSN1CCN(C(=O)OC(C)(C)C)C[C@H]1C. The van der Waals surface area contributed by atoms with E-state index in [1.165, 1.54) is 0 Å². The molecule has 1 fully saturated rings. The number of carbonyl (C=O) groups is 1. The molecule has 1 saturated heterocycles. The molecule has 94 valence electrons. The minimum Gasteiger partial charge on any atom is -0.444 e. The van der Waals surface area contributed by atoms with Gasteiger partial charge in [-0.1, -0.05) is 11.9 Å². The maximum absolute atomic E-state index is 11.8. The smallest absolute Gasteiger partial charge is 0.410 e. The lowest BCUT2D eigenvalue weighted by atomic mass is 10.2. The van der Waals surface area contributed by atoms with Crippen molar-refractivity contribution in [3.05, 3.63) is 0 Å². The highest BCUT2D eigenvalue weighted by atomic mass is 32.2. The Balaban J connectivity index is 2.48. The Hall–Kier alpha value is -0.420. The van der Waals surface area contributed by atoms with Gasteiger partial charge in [0.15, 0.2) is 0 Å². The van der Waals surface area contributed by atoms with Crippen LogP contribution in [0.25, 0.3) is 0 Å². The largest absolute Gasteiger partial charge is 0.444 e. The van der Waals surface area contributed by atoms with Crippen molar-refractivity contribution in [1.82, 2.24) is 9.21 Å². The van der Waals surface area contributed by atoms with Gasteiger partial charge in [0.25, 0.3) is 0 Å². The molecule has 1 atom stereocenters. The molecule has 0 radical (unpaired) electrons. The molecule has 1 amide bonds. The molecule has 4 nitrogen and oxygen atoms in total. The lowest BCUT2D eigenvalue weighted by Gasteiger charge is -2.38. The first-order valence-electron chi connectivity index (χ1n) is 5.62. The predicted molar refractivity (Wildman–Crippen MR) is 67.5 cm³/mol. The zero-order chi connectivity index (χ0) is 12.3. The van der Waals surface area contributed by atoms with E-state index in [0.717, 1.165) is 19.6 Å². The van der Waals surface area contributed by atoms with Crippen LogP contribution in [0, 0.1) is 0 Å². The van der Waals surface area contributed by atoms with Gasteiger partial charge in [0.1, 0.15) is 5.60 Å². The highest BCUT2D eigenvalue weighted by Crippen LogP contribution is 2.18. The third-order valence-electron chi connectivity index (χ3n) is 2.45. The van der Waals surface area contributed by atoms with Gasteiger partial charge in [-0.05, 0) is 34.0 Å². The third kappa shape index (κ3) is 3.87. The summed E-state index contributed by atoms with van der Waals surface area (Å²) in [6.07, 6.45) is 1.87. The number of hydrogen-bond acceptors (Lipinski definition) is 4. The first-order chi connectivity index (χ1) is 7.33. The summed E-state index contributed by atoms with van der Waals surface area (Å²) in [4.78, 5) is 13.6. The molecular formula is C11H22N2O2S. The van der Waals surface area contributed by atoms with Crippen LogP contribution in [-0.4, -0.2) is 52.8 Å². The number of hydrogen-bond donors (Lipinski definition) is 0. The summed E-state index contributed by atoms with van der Waals surface area (Å²) in [5, 5.41) is 0. The molecule has 1 aliphatic rings. The van der Waals surface area contributed by atoms with E-state index in [1.807, 2.05) is 20.8 Å². The second kappa shape index (κ2) is 5.27. The highest BCUT2D eigenvalue weighted by molar-refractivity contribution is 7.96. The number of ether oxygens (including phenoxy) is 1. The fourth-order valence-corrected chi connectivity index (χ4v) is 2.40. The zero-order valence-electron chi connectivity index (χ0n) is 10.8. The predicted octanol–water partition coefficient (Wildman–Crippen LogP) is 2.21. The Labute approximate surface area is 102 Å². The zero-order valence-corrected chi connectivity index (χ0v) is 11.6. The maximum atomic E-state index is 11.8. The van der Waals surface area contributed by atoms with E-state index in [2.05, 4.69) is 17.5 Å². The molecule has 0 aromatic carbocycles. The van der Waals surface area contributed by atoms with Gasteiger partial charge in [-0.3, -0.25) is 0 Å². The van der Waals surface area contributed by atoms with Crippen LogP contribution in [0.15, 0.2) is 0 Å². The van der Waals surface area contributed by atoms with E-state index in [9.17, 15) is 4.79 Å². The molecule has 0 N–H and O–H groups in total. The van der Waals surface area contributed by atoms with Crippen LogP contribution in [0.3, 0.4) is 0 Å². The van der Waals surface area contributed by atoms with Crippen molar-refractivity contribution in [3.8, 4) is 0 Å². The number of piperazine rings is 1. The molecule has 0 aromatic rings. The fraction of sp³-hybridized carbons (Fsp3) is 0.909. The van der Waals surface area contributed by atoms with E-state index in [-0.39, 0.29) is 6.09 Å². The number of amides is 1. The number of nitrogens with zero attached hydrogens (tertiary/aromatic N) is 2. The normalized spacial score (nSPS) is 23.3. The van der Waals surface area contributed by atoms with Crippen molar-refractivity contribution in [3.63, 3.8) is 0 Å². The summed E-state index contributed by atoms with van der Waals surface area (Å²) in [5.74, 6) is 0. The van der Waals surface area contributed by atoms with Gasteiger partial charge >= 0.3 is 6.09 Å². The molecule has 0 aliphatic carbocycles. The van der Waals surface area contributed by atoms with Crippen molar-refractivity contribution < 1.29 is 9.53 Å². The summed E-state index contributed by atoms with van der Waals surface area (Å²) in [6, 6.07) is 0.385. The van der Waals surface area contributed by atoms with Crippen LogP contribution in [0.1, 0.15) is 27.7 Å². The van der Waals surface area contributed by atoms with Crippen LogP contribution >= 0.6 is 11.9 Å². The fourth-order valence-electron chi connectivity index (χ4n) is 1.70. The maximum Gasteiger partial charge on any atom is 0.410 e. The molecule has 16 heavy (non-hydrogen) atoms. The number of rotatable bonds is 1. The molecule has 1 rings (SSSR count). The Morgan fingerprint density at radius 2 is 2.00 bits per heavy atom. The summed E-state index contributed by atoms with van der Waals surface area (Å²) in [5.41, 5.74) is -0.406. The van der Waals surface area contributed by atoms with Gasteiger partial charge in [-0.25, -0.2) is 9.10 Å². The van der Waals surface area contributed by atoms with Gasteiger partial charge in [0, 0.05) is 25.7 Å². The second-order valence-electron chi connectivity index (χ2n) is 5.10. The molecule has 0 spiro atoms. The average Bonchev–Trinajstić information content (AvgIpc) is 2.15. The molecule has 5 heteroatoms. The van der Waals surface area contributed by atoms with Crippen LogP contribution in [-0.2, 0) is 4.74 Å². The number of carbonyl (C=O) groups excluding carboxylic acids is 1. The molecule has 0 aromatic heterocycles. The summed E-state index contributed by atoms with van der Waals surface area (Å²) in [6.45, 7) is 10.2. The van der Waals surface area contributed by atoms with E-state index in [0.29, 0.717) is 6.04 Å². The molecule has 0 bridgehead atoms. The van der Waals surface area contributed by atoms with Crippen molar-refractivity contribution in [1.29, 1.82) is 0 Å². The lowest BCUT2D eigenvalue weighted by molar-refractivity contribution is 0.0151. The van der Waals surface area contributed by atoms with Crippen LogP contribution < -0.4 is 0 Å². The minimum atomic E-state index is -0.406. The van der Waals surface area contributed by atoms with E-state index in [1.54, 1.807) is 16.8 Å². The molecule has 1 aliphatic heterocycles. The van der Waals surface area contributed by atoms with Crippen molar-refractivity contribution in [2.45, 2.75) is 39.3 Å². The molecule has 0 unspecified atom stereocenters. The van der Waals surface area contributed by atoms with Crippen molar-refractivity contribution in [2.24, 2.45) is 0 Å². The molecule has 0 saturated carbocycles. The third-order valence-corrected chi connectivity index (χ3v) is 3.46. The van der Waals surface area contributed by atoms with Gasteiger partial charge in [-0.2, -0.15) is 0 Å². The van der Waals surface area contributed by atoms with Gasteiger partial charge < -0.3 is 9.64 Å². The van der Waals surface area contributed by atoms with Crippen LogP contribution in [0.4, 0.5) is 4.79 Å². The van der Waals surface area contributed by atoms with E-state index < -0.39 is 5.60 Å². The molecular weight excluding hydrogens is 224 g/mol. The van der Waals surface area contributed by atoms with E-state index in [4.69, 9.17) is 4.74 Å². The van der Waals surface area contributed by atoms with Crippen molar-refractivity contribution >= 4 is 18.0 Å². The van der Waals surface area contributed by atoms with Gasteiger partial charge in [-0.15, -0.1) is 0 Å². The summed E-state index contributed by atoms with van der Waals surface area (Å²) in [7, 11) is 0. The highest BCUT2D eigenvalue weighted by Gasteiger charge is 2.29. The van der Waals surface area contributed by atoms with Crippen LogP contribution in [0.2, 0.25) is 0 Å². The summed E-state index contributed by atoms with van der Waals surface area (Å²) >= 11 is 1.74. The van der Waals surface area contributed by atoms with Gasteiger partial charge in [0.2, 0.25) is 0 Å². The quantitative estimate of drug-likeness (QED) is 0.664. The lowest BCUT2D eigenvalue weighted by Crippen LogP contribution is -2.52. The topological polar surface area (TPSA) is 32.8 Å². The van der Waals surface area contributed by atoms with Crippen LogP contribution in [0.5, 0.6) is 0 Å². The Bertz CT molecular complexity index is 253. The van der Waals surface area contributed by atoms with Gasteiger partial charge in [0.05, 0.1) is 0 Å². The van der Waals surface area contributed by atoms with Crippen molar-refractivity contribution in [2.75, 3.05) is 25.9 Å². The summed E-state index contributed by atoms with van der Waals surface area (Å²) < 4.78 is 7.65. The Morgan fingerprint density at radius 1 is 1.38 bits per heavy atom. The Morgan fingerprint density at radius 3 is 2.44 bits per heavy atom. The van der Waals surface area contributed by atoms with E-state index >= 15 is 0 Å². The first-order valence-corrected chi connectivity index (χ1v) is 6.80. The molecule has 1 heterocycles. The Kier molecular flexibility index (Phi) is 4.50. The minimum absolute atomic E-state index is 0.194. The second-order valence-corrected chi connectivity index (χ2v) is 5.93. The average molecular weight is 246 g/mol.